The van der Waals surface area contributed by atoms with Crippen LogP contribution < -0.4 is 21.7 Å². The van der Waals surface area contributed by atoms with E-state index in [1.165, 1.54) is 49.1 Å². The first kappa shape index (κ1) is 30.7. The lowest BCUT2D eigenvalue weighted by atomic mass is 10.0. The van der Waals surface area contributed by atoms with Crippen LogP contribution in [0.2, 0.25) is 0 Å². The fourth-order valence-corrected chi connectivity index (χ4v) is 4.67. The smallest absolute Gasteiger partial charge is 0.246 e. The van der Waals surface area contributed by atoms with Gasteiger partial charge in [0.15, 0.2) is 11.5 Å². The Morgan fingerprint density at radius 2 is 1.49 bits per heavy atom. The Kier molecular flexibility index (Phi) is 10.1. The highest BCUT2D eigenvalue weighted by Crippen LogP contribution is 2.25. The number of primary amides is 1. The molecule has 220 valence electrons. The van der Waals surface area contributed by atoms with Gasteiger partial charge >= 0.3 is 0 Å². The van der Waals surface area contributed by atoms with Crippen LogP contribution in [-0.4, -0.2) is 80.5 Å². The van der Waals surface area contributed by atoms with Crippen LogP contribution in [0.3, 0.4) is 0 Å². The molecule has 41 heavy (non-hydrogen) atoms. The lowest BCUT2D eigenvalue weighted by Crippen LogP contribution is -2.58. The van der Waals surface area contributed by atoms with Gasteiger partial charge in [-0.1, -0.05) is 18.2 Å². The first-order valence-corrected chi connectivity index (χ1v) is 13.1. The third-order valence-corrected chi connectivity index (χ3v) is 6.78. The lowest BCUT2D eigenvalue weighted by Gasteiger charge is -2.29. The van der Waals surface area contributed by atoms with E-state index in [-0.39, 0.29) is 30.9 Å². The highest BCUT2D eigenvalue weighted by atomic mass is 16.3. The molecule has 1 unspecified atom stereocenters. The van der Waals surface area contributed by atoms with Crippen molar-refractivity contribution in [2.45, 2.75) is 63.7 Å². The topological polar surface area (TPSA) is 211 Å². The van der Waals surface area contributed by atoms with Gasteiger partial charge in [0.2, 0.25) is 29.5 Å². The molecule has 1 fully saturated rings. The molecular weight excluding hydrogens is 534 g/mol. The summed E-state index contributed by atoms with van der Waals surface area (Å²) in [5.74, 6) is -3.83. The van der Waals surface area contributed by atoms with Gasteiger partial charge in [-0.25, -0.2) is 0 Å². The van der Waals surface area contributed by atoms with Gasteiger partial charge in [0, 0.05) is 26.3 Å². The number of carbonyl (C=O) groups excluding carboxylic acids is 5. The number of nitrogens with zero attached hydrogens (tertiary/aromatic N) is 1. The second-order valence-electron chi connectivity index (χ2n) is 10.0. The third-order valence-electron chi connectivity index (χ3n) is 6.78. The molecule has 0 spiro atoms. The van der Waals surface area contributed by atoms with Crippen LogP contribution >= 0.6 is 0 Å². The highest BCUT2D eigenvalue weighted by molar-refractivity contribution is 5.95. The van der Waals surface area contributed by atoms with Gasteiger partial charge in [-0.2, -0.15) is 0 Å². The van der Waals surface area contributed by atoms with E-state index >= 15 is 0 Å². The molecule has 0 aromatic heterocycles. The summed E-state index contributed by atoms with van der Waals surface area (Å²) in [5, 5.41) is 36.9. The number of phenolic OH excluding ortho intramolecular Hbond substituents is 3. The van der Waals surface area contributed by atoms with Crippen LogP contribution in [0.15, 0.2) is 42.5 Å². The maximum Gasteiger partial charge on any atom is 0.246 e. The molecule has 5 amide bonds. The lowest BCUT2D eigenvalue weighted by molar-refractivity contribution is -0.141. The van der Waals surface area contributed by atoms with Crippen molar-refractivity contribution in [3.05, 3.63) is 53.6 Å². The second-order valence-corrected chi connectivity index (χ2v) is 10.0. The van der Waals surface area contributed by atoms with Crippen LogP contribution in [0.4, 0.5) is 0 Å². The predicted molar refractivity (Wildman–Crippen MR) is 146 cm³/mol. The van der Waals surface area contributed by atoms with Crippen LogP contribution in [-0.2, 0) is 36.8 Å². The zero-order valence-corrected chi connectivity index (χ0v) is 22.8. The summed E-state index contributed by atoms with van der Waals surface area (Å²) in [7, 11) is 0. The molecule has 0 bridgehead atoms. The molecule has 2 aromatic carbocycles. The number of amides is 5. The Morgan fingerprint density at radius 3 is 2.10 bits per heavy atom. The van der Waals surface area contributed by atoms with Crippen LogP contribution in [0.5, 0.6) is 17.2 Å². The fraction of sp³-hybridized carbons (Fsp3) is 0.393. The summed E-state index contributed by atoms with van der Waals surface area (Å²) < 4.78 is 0. The van der Waals surface area contributed by atoms with Gasteiger partial charge in [0.1, 0.15) is 29.9 Å². The minimum Gasteiger partial charge on any atom is -0.508 e. The van der Waals surface area contributed by atoms with Gasteiger partial charge in [-0.05, 0) is 55.2 Å². The number of nitrogens with two attached hydrogens (primary N) is 1. The van der Waals surface area contributed by atoms with Crippen LogP contribution in [0.25, 0.3) is 0 Å². The summed E-state index contributed by atoms with van der Waals surface area (Å²) >= 11 is 0. The number of phenols is 3. The van der Waals surface area contributed by atoms with Gasteiger partial charge in [0.05, 0.1) is 0 Å². The number of nitrogens with one attached hydrogen (secondary N) is 3. The number of aromatic hydroxyl groups is 3. The molecular formula is C28H35N5O8. The van der Waals surface area contributed by atoms with E-state index in [1.54, 1.807) is 12.1 Å². The van der Waals surface area contributed by atoms with Gasteiger partial charge in [-0.3, -0.25) is 24.0 Å². The summed E-state index contributed by atoms with van der Waals surface area (Å²) in [6.45, 7) is 2.95. The Morgan fingerprint density at radius 1 is 0.878 bits per heavy atom. The van der Waals surface area contributed by atoms with Crippen LogP contribution in [0, 0.1) is 0 Å². The SMILES string of the molecule is CC(=O)N[C@@H](C)C(=O)NC(Cc1ccc(O)c(O)c1)C(=O)N[C@@H](Cc1ccc(O)cc1)C(=O)N1CCC[C@H]1C(N)=O. The molecule has 3 rings (SSSR count). The Bertz CT molecular complexity index is 1300. The molecule has 1 aliphatic rings. The van der Waals surface area contributed by atoms with Gasteiger partial charge in [-0.15, -0.1) is 0 Å². The number of likely N-dealkylation sites (tertiary alicyclic amines) is 1. The van der Waals surface area contributed by atoms with E-state index in [4.69, 9.17) is 5.73 Å². The second kappa shape index (κ2) is 13.5. The van der Waals surface area contributed by atoms with E-state index in [1.807, 2.05) is 0 Å². The number of carbonyl (C=O) groups is 5. The molecule has 1 heterocycles. The first-order chi connectivity index (χ1) is 19.3. The molecule has 0 radical (unpaired) electrons. The summed E-state index contributed by atoms with van der Waals surface area (Å²) in [5.41, 5.74) is 6.51. The summed E-state index contributed by atoms with van der Waals surface area (Å²) in [6.07, 6.45) is 0.829. The summed E-state index contributed by atoms with van der Waals surface area (Å²) in [6, 6.07) is 5.75. The molecule has 0 aliphatic carbocycles. The largest absolute Gasteiger partial charge is 0.508 e. The number of rotatable bonds is 11. The average Bonchev–Trinajstić information content (AvgIpc) is 3.41. The number of hydrogen-bond acceptors (Lipinski definition) is 8. The van der Waals surface area contributed by atoms with E-state index in [0.717, 1.165) is 0 Å². The quantitative estimate of drug-likeness (QED) is 0.176. The minimum absolute atomic E-state index is 0.00972. The Labute approximate surface area is 236 Å². The van der Waals surface area contributed by atoms with Crippen molar-refractivity contribution in [2.75, 3.05) is 6.54 Å². The van der Waals surface area contributed by atoms with E-state index in [0.29, 0.717) is 24.0 Å². The monoisotopic (exact) mass is 569 g/mol. The predicted octanol–water partition coefficient (Wildman–Crippen LogP) is -0.441. The minimum atomic E-state index is -1.26. The average molecular weight is 570 g/mol. The maximum atomic E-state index is 13.6. The van der Waals surface area contributed by atoms with Crippen molar-refractivity contribution in [1.82, 2.24) is 20.9 Å². The zero-order valence-electron chi connectivity index (χ0n) is 22.8. The number of hydrogen-bond donors (Lipinski definition) is 7. The fourth-order valence-electron chi connectivity index (χ4n) is 4.67. The van der Waals surface area contributed by atoms with Crippen molar-refractivity contribution in [3.63, 3.8) is 0 Å². The van der Waals surface area contributed by atoms with E-state index in [2.05, 4.69) is 16.0 Å². The maximum absolute atomic E-state index is 13.6. The first-order valence-electron chi connectivity index (χ1n) is 13.1. The van der Waals surface area contributed by atoms with E-state index in [9.17, 15) is 39.3 Å². The van der Waals surface area contributed by atoms with Crippen molar-refractivity contribution < 1.29 is 39.3 Å². The Hall–Kier alpha value is -4.81. The van der Waals surface area contributed by atoms with E-state index < -0.39 is 59.5 Å². The van der Waals surface area contributed by atoms with Gasteiger partial charge in [0.25, 0.3) is 0 Å². The molecule has 4 atom stereocenters. The molecule has 2 aromatic rings. The molecule has 13 nitrogen and oxygen atoms in total. The highest BCUT2D eigenvalue weighted by Gasteiger charge is 2.37. The van der Waals surface area contributed by atoms with Crippen LogP contribution in [0.1, 0.15) is 37.8 Å². The molecule has 8 N–H and O–H groups in total. The normalized spacial score (nSPS) is 16.7. The molecule has 0 saturated carbocycles. The standard InChI is InChI=1S/C28H35N5O8/c1-15(30-16(2)34)26(39)31-20(13-18-7-10-23(36)24(37)14-18)27(40)32-21(12-17-5-8-19(35)9-6-17)28(41)33-11-3-4-22(33)25(29)38/h5-10,14-15,20-22,35-37H,3-4,11-13H2,1-2H3,(H2,29,38)(H,30,34)(H,31,39)(H,32,40)/t15-,20?,21-,22-/m0/s1. The summed E-state index contributed by atoms with van der Waals surface area (Å²) in [4.78, 5) is 64.9. The van der Waals surface area contributed by atoms with Crippen molar-refractivity contribution in [2.24, 2.45) is 5.73 Å². The third kappa shape index (κ3) is 8.34. The molecule has 13 heteroatoms. The van der Waals surface area contributed by atoms with Gasteiger partial charge < -0.3 is 41.9 Å². The van der Waals surface area contributed by atoms with Crippen molar-refractivity contribution in [1.29, 1.82) is 0 Å². The van der Waals surface area contributed by atoms with Crippen molar-refractivity contribution in [3.8, 4) is 17.2 Å². The van der Waals surface area contributed by atoms with Crippen molar-refractivity contribution >= 4 is 29.5 Å². The number of benzene rings is 2. The Balaban J connectivity index is 1.90. The molecule has 1 saturated heterocycles. The zero-order chi connectivity index (χ0) is 30.3. The molecule has 1 aliphatic heterocycles.